The molecule has 0 radical (unpaired) electrons. The van der Waals surface area contributed by atoms with Crippen molar-refractivity contribution in [3.8, 4) is 0 Å². The predicted octanol–water partition coefficient (Wildman–Crippen LogP) is 2.05. The Labute approximate surface area is 180 Å². The van der Waals surface area contributed by atoms with Crippen molar-refractivity contribution in [3.63, 3.8) is 0 Å². The lowest BCUT2D eigenvalue weighted by Crippen LogP contribution is -2.54. The van der Waals surface area contributed by atoms with Crippen LogP contribution in [0.25, 0.3) is 0 Å². The minimum atomic E-state index is -0.870. The van der Waals surface area contributed by atoms with E-state index in [2.05, 4.69) is 12.2 Å². The number of rotatable bonds is 12. The molecular formula is C22H39N3O5. The van der Waals surface area contributed by atoms with E-state index in [0.717, 1.165) is 32.1 Å². The van der Waals surface area contributed by atoms with Gasteiger partial charge in [0.15, 0.2) is 0 Å². The molecule has 0 aromatic heterocycles. The Hall–Kier alpha value is -1.67. The molecule has 8 nitrogen and oxygen atoms in total. The van der Waals surface area contributed by atoms with Crippen LogP contribution >= 0.6 is 0 Å². The van der Waals surface area contributed by atoms with E-state index >= 15 is 0 Å². The molecule has 2 fully saturated rings. The topological polar surface area (TPSA) is 99.2 Å². The summed E-state index contributed by atoms with van der Waals surface area (Å²) in [7, 11) is 1.62. The molecule has 2 aliphatic heterocycles. The highest BCUT2D eigenvalue weighted by Crippen LogP contribution is 2.36. The number of hydrogen-bond acceptors (Lipinski definition) is 5. The molecule has 2 rings (SSSR count). The highest BCUT2D eigenvalue weighted by molar-refractivity contribution is 5.85. The number of carbonyl (C=O) groups excluding carboxylic acids is 3. The van der Waals surface area contributed by atoms with Crippen LogP contribution in [0.1, 0.15) is 59.3 Å². The average Bonchev–Trinajstić information content (AvgIpc) is 3.32. The van der Waals surface area contributed by atoms with Gasteiger partial charge in [0.25, 0.3) is 0 Å². The molecule has 0 aromatic carbocycles. The van der Waals surface area contributed by atoms with Crippen molar-refractivity contribution in [1.29, 1.82) is 0 Å². The van der Waals surface area contributed by atoms with E-state index in [1.54, 1.807) is 7.11 Å². The van der Waals surface area contributed by atoms with E-state index in [4.69, 9.17) is 4.74 Å². The molecular weight excluding hydrogens is 386 g/mol. The number of hydroxylamine groups is 2. The second kappa shape index (κ2) is 11.6. The van der Waals surface area contributed by atoms with Crippen LogP contribution in [-0.4, -0.2) is 72.3 Å². The van der Waals surface area contributed by atoms with Crippen LogP contribution in [0.4, 0.5) is 0 Å². The number of nitrogens with one attached hydrogen (secondary N) is 1. The number of hydrogen-bond donors (Lipinski definition) is 2. The van der Waals surface area contributed by atoms with Crippen molar-refractivity contribution < 1.29 is 24.3 Å². The molecule has 30 heavy (non-hydrogen) atoms. The van der Waals surface area contributed by atoms with Crippen molar-refractivity contribution in [2.24, 2.45) is 23.7 Å². The van der Waals surface area contributed by atoms with Gasteiger partial charge in [0, 0.05) is 20.2 Å². The molecule has 2 saturated heterocycles. The van der Waals surface area contributed by atoms with E-state index in [9.17, 15) is 19.6 Å². The fourth-order valence-electron chi connectivity index (χ4n) is 5.14. The third-order valence-electron chi connectivity index (χ3n) is 6.53. The molecule has 0 aliphatic carbocycles. The van der Waals surface area contributed by atoms with Crippen molar-refractivity contribution in [1.82, 2.24) is 15.3 Å². The van der Waals surface area contributed by atoms with Gasteiger partial charge in [-0.1, -0.05) is 33.6 Å². The molecule has 2 N–H and O–H groups in total. The van der Waals surface area contributed by atoms with Crippen LogP contribution in [-0.2, 0) is 19.1 Å². The largest absolute Gasteiger partial charge is 0.383 e. The number of nitrogens with zero attached hydrogens (tertiary/aromatic N) is 2. The Morgan fingerprint density at radius 1 is 1.43 bits per heavy atom. The maximum Gasteiger partial charge on any atom is 0.233 e. The number of methoxy groups -OCH3 is 1. The van der Waals surface area contributed by atoms with Gasteiger partial charge in [0.2, 0.25) is 18.2 Å². The van der Waals surface area contributed by atoms with Crippen LogP contribution in [0.3, 0.4) is 0 Å². The minimum Gasteiger partial charge on any atom is -0.383 e. The molecule has 5 atom stereocenters. The minimum absolute atomic E-state index is 0.00511. The fraction of sp³-hybridized carbons (Fsp3) is 0.864. The Balaban J connectivity index is 2.38. The standard InChI is InChI=1S/C22H39N3O5/c1-5-6-8-16-12-23-21(27)19(16)20(25(29)14-26)18(11-15(2)3)22(28)24-10-7-9-17(24)13-30-4/h14-20,29H,5-13H2,1-4H3,(H,23,27)/t16-,17?,18-,19-,20?/m0/s1. The Bertz CT molecular complexity index is 585. The maximum atomic E-state index is 13.7. The Morgan fingerprint density at radius 3 is 2.77 bits per heavy atom. The number of likely N-dealkylation sites (tertiary alicyclic amines) is 1. The summed E-state index contributed by atoms with van der Waals surface area (Å²) in [6, 6.07) is -0.875. The lowest BCUT2D eigenvalue weighted by Gasteiger charge is -2.39. The molecule has 0 spiro atoms. The molecule has 172 valence electrons. The van der Waals surface area contributed by atoms with Gasteiger partial charge in [-0.15, -0.1) is 0 Å². The van der Waals surface area contributed by atoms with Gasteiger partial charge in [-0.3, -0.25) is 19.6 Å². The zero-order chi connectivity index (χ0) is 22.3. The SMILES string of the molecule is CCCC[C@H]1CNC(=O)[C@@H]1C([C@H](CC(C)C)C(=O)N1CCCC1COC)N(O)C=O. The van der Waals surface area contributed by atoms with Gasteiger partial charge in [-0.05, 0) is 37.5 Å². The van der Waals surface area contributed by atoms with Crippen LogP contribution in [0.5, 0.6) is 0 Å². The molecule has 3 amide bonds. The zero-order valence-corrected chi connectivity index (χ0v) is 18.9. The van der Waals surface area contributed by atoms with E-state index in [-0.39, 0.29) is 29.7 Å². The average molecular weight is 426 g/mol. The van der Waals surface area contributed by atoms with E-state index < -0.39 is 17.9 Å². The van der Waals surface area contributed by atoms with Gasteiger partial charge in [-0.2, -0.15) is 0 Å². The van der Waals surface area contributed by atoms with Gasteiger partial charge in [-0.25, -0.2) is 5.06 Å². The fourth-order valence-corrected chi connectivity index (χ4v) is 5.14. The highest BCUT2D eigenvalue weighted by Gasteiger charge is 2.49. The van der Waals surface area contributed by atoms with E-state index in [1.807, 2.05) is 18.7 Å². The summed E-state index contributed by atoms with van der Waals surface area (Å²) in [4.78, 5) is 40.0. The summed E-state index contributed by atoms with van der Waals surface area (Å²) >= 11 is 0. The Kier molecular flexibility index (Phi) is 9.55. The smallest absolute Gasteiger partial charge is 0.233 e. The van der Waals surface area contributed by atoms with Gasteiger partial charge < -0.3 is 15.0 Å². The Morgan fingerprint density at radius 2 is 2.17 bits per heavy atom. The second-order valence-corrected chi connectivity index (χ2v) is 9.17. The third-order valence-corrected chi connectivity index (χ3v) is 6.53. The maximum absolute atomic E-state index is 13.7. The van der Waals surface area contributed by atoms with Crippen LogP contribution in [0, 0.1) is 23.7 Å². The quantitative estimate of drug-likeness (QED) is 0.283. The van der Waals surface area contributed by atoms with E-state index in [0.29, 0.717) is 37.6 Å². The summed E-state index contributed by atoms with van der Waals surface area (Å²) in [5, 5.41) is 14.1. The van der Waals surface area contributed by atoms with Crippen molar-refractivity contribution in [2.75, 3.05) is 26.8 Å². The molecule has 2 aliphatic rings. The summed E-state index contributed by atoms with van der Waals surface area (Å²) < 4.78 is 5.30. The first-order valence-electron chi connectivity index (χ1n) is 11.3. The highest BCUT2D eigenvalue weighted by atomic mass is 16.5. The number of amides is 3. The van der Waals surface area contributed by atoms with Gasteiger partial charge >= 0.3 is 0 Å². The summed E-state index contributed by atoms with van der Waals surface area (Å²) in [6.07, 6.45) is 5.39. The van der Waals surface area contributed by atoms with Gasteiger partial charge in [0.1, 0.15) is 0 Å². The second-order valence-electron chi connectivity index (χ2n) is 9.17. The predicted molar refractivity (Wildman–Crippen MR) is 113 cm³/mol. The molecule has 0 bridgehead atoms. The molecule has 2 heterocycles. The lowest BCUT2D eigenvalue weighted by molar-refractivity contribution is -0.180. The van der Waals surface area contributed by atoms with Crippen LogP contribution < -0.4 is 5.32 Å². The summed E-state index contributed by atoms with van der Waals surface area (Å²) in [5.41, 5.74) is 0. The van der Waals surface area contributed by atoms with E-state index in [1.165, 1.54) is 0 Å². The molecule has 8 heteroatoms. The first-order valence-corrected chi connectivity index (χ1v) is 11.3. The first-order chi connectivity index (χ1) is 14.3. The third kappa shape index (κ3) is 5.72. The molecule has 0 aromatic rings. The van der Waals surface area contributed by atoms with Crippen molar-refractivity contribution >= 4 is 18.2 Å². The number of carbonyl (C=O) groups is 3. The van der Waals surface area contributed by atoms with Crippen LogP contribution in [0.15, 0.2) is 0 Å². The summed E-state index contributed by atoms with van der Waals surface area (Å²) in [5.74, 6) is -1.35. The number of unbranched alkanes of at least 4 members (excludes halogenated alkanes) is 1. The van der Waals surface area contributed by atoms with Crippen molar-refractivity contribution in [3.05, 3.63) is 0 Å². The summed E-state index contributed by atoms with van der Waals surface area (Å²) in [6.45, 7) is 7.74. The van der Waals surface area contributed by atoms with Crippen molar-refractivity contribution in [2.45, 2.75) is 71.4 Å². The number of ether oxygens (including phenoxy) is 1. The zero-order valence-electron chi connectivity index (χ0n) is 18.9. The molecule has 2 unspecified atom stereocenters. The van der Waals surface area contributed by atoms with Gasteiger partial charge in [0.05, 0.1) is 30.5 Å². The van der Waals surface area contributed by atoms with Crippen LogP contribution in [0.2, 0.25) is 0 Å². The monoisotopic (exact) mass is 425 g/mol. The molecule has 0 saturated carbocycles. The normalized spacial score (nSPS) is 26.0. The first kappa shape index (κ1) is 24.6. The lowest BCUT2D eigenvalue weighted by atomic mass is 9.76.